The molecule has 0 aromatic heterocycles. The van der Waals surface area contributed by atoms with E-state index in [-0.39, 0.29) is 0 Å². The third-order valence-electron chi connectivity index (χ3n) is 3.97. The van der Waals surface area contributed by atoms with Crippen molar-refractivity contribution in [3.63, 3.8) is 0 Å². The van der Waals surface area contributed by atoms with Crippen molar-refractivity contribution < 1.29 is 0 Å². The first-order chi connectivity index (χ1) is 9.58. The Bertz CT molecular complexity index is 220. The monoisotopic (exact) mass is 283 g/mol. The van der Waals surface area contributed by atoms with E-state index in [2.05, 4.69) is 42.8 Å². The molecule has 0 aromatic carbocycles. The highest BCUT2D eigenvalue weighted by Gasteiger charge is 2.16. The molecule has 0 spiro atoms. The van der Waals surface area contributed by atoms with Crippen molar-refractivity contribution in [3.8, 4) is 0 Å². The van der Waals surface area contributed by atoms with Crippen LogP contribution in [0.3, 0.4) is 0 Å². The first kappa shape index (κ1) is 17.9. The van der Waals surface area contributed by atoms with Gasteiger partial charge in [0.25, 0.3) is 0 Å². The molecule has 1 fully saturated rings. The molecule has 20 heavy (non-hydrogen) atoms. The van der Waals surface area contributed by atoms with E-state index in [4.69, 9.17) is 0 Å². The van der Waals surface area contributed by atoms with Gasteiger partial charge < -0.3 is 15.1 Å². The van der Waals surface area contributed by atoms with Gasteiger partial charge in [-0.25, -0.2) is 0 Å². The van der Waals surface area contributed by atoms with Crippen molar-refractivity contribution in [1.29, 1.82) is 0 Å². The highest BCUT2D eigenvalue weighted by molar-refractivity contribution is 4.72. The summed E-state index contributed by atoms with van der Waals surface area (Å²) in [5.41, 5.74) is 0. The molecule has 3 nitrogen and oxygen atoms in total. The Kier molecular flexibility index (Phi) is 9.49. The number of nitrogens with one attached hydrogen (secondary N) is 1. The SMILES string of the molecule is CC(C)CNCCCCCN1CCN(CC(C)C)CC1. The molecule has 0 aliphatic carbocycles. The van der Waals surface area contributed by atoms with E-state index in [1.54, 1.807) is 0 Å². The quantitative estimate of drug-likeness (QED) is 0.622. The molecule has 120 valence electrons. The second-order valence-electron chi connectivity index (χ2n) is 7.19. The van der Waals surface area contributed by atoms with E-state index < -0.39 is 0 Å². The Morgan fingerprint density at radius 1 is 0.800 bits per heavy atom. The molecule has 0 unspecified atom stereocenters. The molecular weight excluding hydrogens is 246 g/mol. The summed E-state index contributed by atoms with van der Waals surface area (Å²) in [5.74, 6) is 1.58. The summed E-state index contributed by atoms with van der Waals surface area (Å²) in [6.45, 7) is 19.2. The van der Waals surface area contributed by atoms with Crippen LogP contribution in [0.1, 0.15) is 47.0 Å². The number of hydrogen-bond acceptors (Lipinski definition) is 3. The highest BCUT2D eigenvalue weighted by Crippen LogP contribution is 2.07. The maximum absolute atomic E-state index is 3.53. The van der Waals surface area contributed by atoms with Gasteiger partial charge in [0.05, 0.1) is 0 Å². The zero-order valence-corrected chi connectivity index (χ0v) is 14.3. The second kappa shape index (κ2) is 10.6. The lowest BCUT2D eigenvalue weighted by molar-refractivity contribution is 0.121. The van der Waals surface area contributed by atoms with Crippen LogP contribution in [0.2, 0.25) is 0 Å². The van der Waals surface area contributed by atoms with Gasteiger partial charge >= 0.3 is 0 Å². The zero-order valence-electron chi connectivity index (χ0n) is 14.3. The van der Waals surface area contributed by atoms with Gasteiger partial charge in [0.2, 0.25) is 0 Å². The fraction of sp³-hybridized carbons (Fsp3) is 1.00. The number of unbranched alkanes of at least 4 members (excludes halogenated alkanes) is 2. The van der Waals surface area contributed by atoms with Gasteiger partial charge in [-0.3, -0.25) is 0 Å². The molecule has 1 saturated heterocycles. The van der Waals surface area contributed by atoms with E-state index in [0.29, 0.717) is 0 Å². The Morgan fingerprint density at radius 2 is 1.45 bits per heavy atom. The van der Waals surface area contributed by atoms with Gasteiger partial charge in [-0.05, 0) is 44.3 Å². The molecule has 0 saturated carbocycles. The molecule has 3 heteroatoms. The first-order valence-corrected chi connectivity index (χ1v) is 8.73. The summed E-state index contributed by atoms with van der Waals surface area (Å²) in [7, 11) is 0. The summed E-state index contributed by atoms with van der Waals surface area (Å²) >= 11 is 0. The van der Waals surface area contributed by atoms with Crippen molar-refractivity contribution in [2.75, 3.05) is 52.4 Å². The lowest BCUT2D eigenvalue weighted by Gasteiger charge is -2.35. The largest absolute Gasteiger partial charge is 0.316 e. The second-order valence-corrected chi connectivity index (χ2v) is 7.19. The highest BCUT2D eigenvalue weighted by atomic mass is 15.3. The minimum atomic E-state index is 0.775. The predicted octanol–water partition coefficient (Wildman–Crippen LogP) is 2.68. The van der Waals surface area contributed by atoms with Crippen LogP contribution >= 0.6 is 0 Å². The van der Waals surface area contributed by atoms with Gasteiger partial charge in [0.1, 0.15) is 0 Å². The van der Waals surface area contributed by atoms with Crippen LogP contribution in [0, 0.1) is 11.8 Å². The van der Waals surface area contributed by atoms with Crippen LogP contribution in [0.5, 0.6) is 0 Å². The van der Waals surface area contributed by atoms with Crippen molar-refractivity contribution >= 4 is 0 Å². The summed E-state index contributed by atoms with van der Waals surface area (Å²) in [4.78, 5) is 5.27. The van der Waals surface area contributed by atoms with Gasteiger partial charge in [-0.15, -0.1) is 0 Å². The molecule has 1 aliphatic rings. The third kappa shape index (κ3) is 8.93. The number of rotatable bonds is 10. The predicted molar refractivity (Wildman–Crippen MR) is 89.3 cm³/mol. The summed E-state index contributed by atoms with van der Waals surface area (Å²) in [5, 5.41) is 3.53. The number of nitrogens with zero attached hydrogens (tertiary/aromatic N) is 2. The van der Waals surface area contributed by atoms with Crippen LogP contribution in [0.25, 0.3) is 0 Å². The van der Waals surface area contributed by atoms with Crippen molar-refractivity contribution in [2.45, 2.75) is 47.0 Å². The lowest BCUT2D eigenvalue weighted by atomic mass is 10.1. The molecule has 0 atom stereocenters. The van der Waals surface area contributed by atoms with Crippen LogP contribution < -0.4 is 5.32 Å². The van der Waals surface area contributed by atoms with Gasteiger partial charge in [0.15, 0.2) is 0 Å². The Labute approximate surface area is 127 Å². The Morgan fingerprint density at radius 3 is 2.05 bits per heavy atom. The molecule has 0 bridgehead atoms. The van der Waals surface area contributed by atoms with Gasteiger partial charge in [-0.1, -0.05) is 34.1 Å². The topological polar surface area (TPSA) is 18.5 Å². The maximum Gasteiger partial charge on any atom is 0.0110 e. The fourth-order valence-electron chi connectivity index (χ4n) is 2.86. The molecule has 1 rings (SSSR count). The smallest absolute Gasteiger partial charge is 0.0110 e. The summed E-state index contributed by atoms with van der Waals surface area (Å²) in [6, 6.07) is 0. The molecule has 1 heterocycles. The van der Waals surface area contributed by atoms with E-state index in [0.717, 1.165) is 18.4 Å². The van der Waals surface area contributed by atoms with E-state index >= 15 is 0 Å². The van der Waals surface area contributed by atoms with E-state index in [1.165, 1.54) is 65.1 Å². The molecular formula is C17H37N3. The number of piperazine rings is 1. The molecule has 0 amide bonds. The van der Waals surface area contributed by atoms with Gasteiger partial charge in [-0.2, -0.15) is 0 Å². The molecule has 0 radical (unpaired) electrons. The van der Waals surface area contributed by atoms with Crippen LogP contribution in [0.4, 0.5) is 0 Å². The normalized spacial score (nSPS) is 18.3. The van der Waals surface area contributed by atoms with Crippen LogP contribution in [-0.2, 0) is 0 Å². The minimum absolute atomic E-state index is 0.775. The third-order valence-corrected chi connectivity index (χ3v) is 3.97. The van der Waals surface area contributed by atoms with E-state index in [9.17, 15) is 0 Å². The van der Waals surface area contributed by atoms with Crippen molar-refractivity contribution in [2.24, 2.45) is 11.8 Å². The molecule has 1 aliphatic heterocycles. The van der Waals surface area contributed by atoms with Crippen molar-refractivity contribution in [3.05, 3.63) is 0 Å². The Hall–Kier alpha value is -0.120. The Balaban J connectivity index is 1.91. The average molecular weight is 284 g/mol. The number of hydrogen-bond donors (Lipinski definition) is 1. The lowest BCUT2D eigenvalue weighted by Crippen LogP contribution is -2.47. The van der Waals surface area contributed by atoms with Crippen LogP contribution in [0.15, 0.2) is 0 Å². The standard InChI is InChI=1S/C17H37N3/c1-16(2)14-18-8-6-5-7-9-19-10-12-20(13-11-19)15-17(3)4/h16-18H,5-15H2,1-4H3. The summed E-state index contributed by atoms with van der Waals surface area (Å²) < 4.78 is 0. The minimum Gasteiger partial charge on any atom is -0.316 e. The van der Waals surface area contributed by atoms with Crippen LogP contribution in [-0.4, -0.2) is 62.2 Å². The first-order valence-electron chi connectivity index (χ1n) is 8.73. The molecule has 1 N–H and O–H groups in total. The summed E-state index contributed by atoms with van der Waals surface area (Å²) in [6.07, 6.45) is 4.07. The van der Waals surface area contributed by atoms with Crippen molar-refractivity contribution in [1.82, 2.24) is 15.1 Å². The fourth-order valence-corrected chi connectivity index (χ4v) is 2.86. The maximum atomic E-state index is 3.53. The average Bonchev–Trinajstić information content (AvgIpc) is 2.38. The van der Waals surface area contributed by atoms with Gasteiger partial charge in [0, 0.05) is 32.7 Å². The zero-order chi connectivity index (χ0) is 14.8. The molecule has 0 aromatic rings. The van der Waals surface area contributed by atoms with E-state index in [1.807, 2.05) is 0 Å².